The molecular formula is C23H32N2O4S. The van der Waals surface area contributed by atoms with Crippen LogP contribution >= 0.6 is 0 Å². The Morgan fingerprint density at radius 3 is 2.27 bits per heavy atom. The highest BCUT2D eigenvalue weighted by molar-refractivity contribution is 7.89. The molecule has 0 spiro atoms. The lowest BCUT2D eigenvalue weighted by atomic mass is 9.93. The van der Waals surface area contributed by atoms with Gasteiger partial charge < -0.3 is 10.1 Å². The highest BCUT2D eigenvalue weighted by Crippen LogP contribution is 2.31. The van der Waals surface area contributed by atoms with Gasteiger partial charge in [-0.3, -0.25) is 4.79 Å². The van der Waals surface area contributed by atoms with E-state index in [1.54, 1.807) is 19.9 Å². The number of sulfonamides is 1. The van der Waals surface area contributed by atoms with Crippen LogP contribution in [0.1, 0.15) is 52.0 Å². The molecule has 1 N–H and O–H groups in total. The highest BCUT2D eigenvalue weighted by Gasteiger charge is 2.25. The zero-order chi connectivity index (χ0) is 22.1. The van der Waals surface area contributed by atoms with Crippen molar-refractivity contribution in [2.45, 2.75) is 51.3 Å². The number of nitrogens with one attached hydrogen (secondary N) is 1. The summed E-state index contributed by atoms with van der Waals surface area (Å²) < 4.78 is 32.9. The molecule has 0 heterocycles. The normalized spacial score (nSPS) is 12.6. The summed E-state index contributed by atoms with van der Waals surface area (Å²) in [5.74, 6) is -0.0530. The van der Waals surface area contributed by atoms with Gasteiger partial charge in [0.05, 0.1) is 23.1 Å². The largest absolute Gasteiger partial charge is 0.492 e. The zero-order valence-electron chi connectivity index (χ0n) is 18.2. The molecule has 7 heteroatoms. The van der Waals surface area contributed by atoms with Gasteiger partial charge in [0.25, 0.3) is 0 Å². The quantitative estimate of drug-likeness (QED) is 0.561. The Morgan fingerprint density at radius 1 is 1.03 bits per heavy atom. The summed E-state index contributed by atoms with van der Waals surface area (Å²) in [5, 5.41) is 2.92. The van der Waals surface area contributed by atoms with E-state index in [1.165, 1.54) is 16.4 Å². The van der Waals surface area contributed by atoms with E-state index in [0.717, 1.165) is 12.0 Å². The number of nitrogens with zero attached hydrogens (tertiary/aromatic N) is 1. The number of benzene rings is 2. The molecule has 2 aromatic carbocycles. The molecule has 0 aliphatic rings. The van der Waals surface area contributed by atoms with Crippen molar-refractivity contribution in [3.05, 3.63) is 54.1 Å². The summed E-state index contributed by atoms with van der Waals surface area (Å²) in [6.45, 7) is 8.63. The minimum Gasteiger partial charge on any atom is -0.492 e. The van der Waals surface area contributed by atoms with Crippen LogP contribution in [0.25, 0.3) is 0 Å². The number of hydrogen-bond donors (Lipinski definition) is 1. The molecule has 2 aromatic rings. The average molecular weight is 433 g/mol. The molecule has 2 rings (SSSR count). The van der Waals surface area contributed by atoms with E-state index in [-0.39, 0.29) is 16.7 Å². The van der Waals surface area contributed by atoms with Crippen molar-refractivity contribution in [3.63, 3.8) is 0 Å². The monoisotopic (exact) mass is 432 g/mol. The Balaban J connectivity index is 2.41. The predicted molar refractivity (Wildman–Crippen MR) is 120 cm³/mol. The average Bonchev–Trinajstić information content (AvgIpc) is 2.74. The van der Waals surface area contributed by atoms with Crippen molar-refractivity contribution < 1.29 is 17.9 Å². The van der Waals surface area contributed by atoms with Crippen molar-refractivity contribution in [2.75, 3.05) is 25.0 Å². The van der Waals surface area contributed by atoms with Gasteiger partial charge in [-0.25, -0.2) is 8.42 Å². The van der Waals surface area contributed by atoms with Gasteiger partial charge in [-0.05, 0) is 37.1 Å². The summed E-state index contributed by atoms with van der Waals surface area (Å²) in [5.41, 5.74) is 1.30. The fourth-order valence-electron chi connectivity index (χ4n) is 3.40. The zero-order valence-corrected chi connectivity index (χ0v) is 19.0. The van der Waals surface area contributed by atoms with Crippen LogP contribution in [0.4, 0.5) is 5.69 Å². The molecule has 1 unspecified atom stereocenters. The standard InChI is InChI=1S/C23H32N2O4S/c1-5-12-20(18-13-10-9-11-14-18)23(26)24-21-17-19(15-16-22(21)29-8-4)30(27,28)25(6-2)7-3/h9-11,13-17,20H,5-8,12H2,1-4H3,(H,24,26). The van der Waals surface area contributed by atoms with Gasteiger partial charge in [0, 0.05) is 13.1 Å². The van der Waals surface area contributed by atoms with Crippen molar-refractivity contribution in [1.82, 2.24) is 4.31 Å². The summed E-state index contributed by atoms with van der Waals surface area (Å²) >= 11 is 0. The maximum Gasteiger partial charge on any atom is 0.243 e. The second-order valence-electron chi connectivity index (χ2n) is 6.92. The number of hydrogen-bond acceptors (Lipinski definition) is 4. The van der Waals surface area contributed by atoms with E-state index in [9.17, 15) is 13.2 Å². The fourth-order valence-corrected chi connectivity index (χ4v) is 4.89. The summed E-state index contributed by atoms with van der Waals surface area (Å²) in [7, 11) is -3.65. The van der Waals surface area contributed by atoms with Crippen molar-refractivity contribution >= 4 is 21.6 Å². The van der Waals surface area contributed by atoms with Gasteiger partial charge in [0.2, 0.25) is 15.9 Å². The lowest BCUT2D eigenvalue weighted by Crippen LogP contribution is -2.30. The van der Waals surface area contributed by atoms with Gasteiger partial charge in [0.1, 0.15) is 5.75 Å². The maximum absolute atomic E-state index is 13.1. The number of anilines is 1. The Labute approximate surface area is 180 Å². The van der Waals surface area contributed by atoms with Crippen LogP contribution in [0, 0.1) is 0 Å². The van der Waals surface area contributed by atoms with Crippen LogP contribution in [-0.2, 0) is 14.8 Å². The first kappa shape index (κ1) is 23.9. The van der Waals surface area contributed by atoms with Gasteiger partial charge in [-0.1, -0.05) is 57.5 Å². The Bertz CT molecular complexity index is 925. The summed E-state index contributed by atoms with van der Waals surface area (Å²) in [6, 6.07) is 14.2. The van der Waals surface area contributed by atoms with Crippen molar-refractivity contribution in [3.8, 4) is 5.75 Å². The lowest BCUT2D eigenvalue weighted by Gasteiger charge is -2.21. The third kappa shape index (κ3) is 5.61. The maximum atomic E-state index is 13.1. The fraction of sp³-hybridized carbons (Fsp3) is 0.435. The minimum absolute atomic E-state index is 0.136. The number of rotatable bonds is 11. The highest BCUT2D eigenvalue weighted by atomic mass is 32.2. The number of carbonyl (C=O) groups excluding carboxylic acids is 1. The molecule has 164 valence electrons. The Kier molecular flexibility index (Phi) is 8.87. The molecule has 0 aliphatic carbocycles. The molecule has 0 saturated heterocycles. The molecule has 0 bridgehead atoms. The van der Waals surface area contributed by atoms with Gasteiger partial charge in [0.15, 0.2) is 0 Å². The van der Waals surface area contributed by atoms with E-state index in [0.29, 0.717) is 37.6 Å². The van der Waals surface area contributed by atoms with Crippen LogP contribution in [0.5, 0.6) is 5.75 Å². The van der Waals surface area contributed by atoms with E-state index < -0.39 is 10.0 Å². The SMILES string of the molecule is CCCC(C(=O)Nc1cc(S(=O)(=O)N(CC)CC)ccc1OCC)c1ccccc1. The van der Waals surface area contributed by atoms with E-state index in [1.807, 2.05) is 44.2 Å². The predicted octanol–water partition coefficient (Wildman–Crippen LogP) is 4.64. The lowest BCUT2D eigenvalue weighted by molar-refractivity contribution is -0.117. The molecule has 1 amide bonds. The van der Waals surface area contributed by atoms with Crippen LogP contribution in [0.3, 0.4) is 0 Å². The first-order chi connectivity index (χ1) is 14.4. The number of ether oxygens (including phenoxy) is 1. The first-order valence-corrected chi connectivity index (χ1v) is 12.0. The van der Waals surface area contributed by atoms with Gasteiger partial charge >= 0.3 is 0 Å². The molecule has 0 fully saturated rings. The van der Waals surface area contributed by atoms with Crippen LogP contribution in [0.2, 0.25) is 0 Å². The summed E-state index contributed by atoms with van der Waals surface area (Å²) in [4.78, 5) is 13.3. The third-order valence-corrected chi connectivity index (χ3v) is 6.99. The van der Waals surface area contributed by atoms with Crippen LogP contribution in [-0.4, -0.2) is 38.3 Å². The molecular weight excluding hydrogens is 400 g/mol. The smallest absolute Gasteiger partial charge is 0.243 e. The first-order valence-electron chi connectivity index (χ1n) is 10.5. The molecule has 6 nitrogen and oxygen atoms in total. The molecule has 30 heavy (non-hydrogen) atoms. The second-order valence-corrected chi connectivity index (χ2v) is 8.86. The number of carbonyl (C=O) groups is 1. The molecule has 1 atom stereocenters. The van der Waals surface area contributed by atoms with Gasteiger partial charge in [-0.2, -0.15) is 4.31 Å². The molecule has 0 radical (unpaired) electrons. The van der Waals surface area contributed by atoms with Gasteiger partial charge in [-0.15, -0.1) is 0 Å². The Hall–Kier alpha value is -2.38. The molecule has 0 aromatic heterocycles. The van der Waals surface area contributed by atoms with Crippen LogP contribution in [0.15, 0.2) is 53.4 Å². The van der Waals surface area contributed by atoms with Crippen molar-refractivity contribution in [2.24, 2.45) is 0 Å². The van der Waals surface area contributed by atoms with E-state index >= 15 is 0 Å². The van der Waals surface area contributed by atoms with E-state index in [4.69, 9.17) is 4.74 Å². The Morgan fingerprint density at radius 2 is 1.70 bits per heavy atom. The van der Waals surface area contributed by atoms with Crippen LogP contribution < -0.4 is 10.1 Å². The molecule has 0 saturated carbocycles. The summed E-state index contributed by atoms with van der Waals surface area (Å²) in [6.07, 6.45) is 1.54. The van der Waals surface area contributed by atoms with Crippen molar-refractivity contribution in [1.29, 1.82) is 0 Å². The third-order valence-electron chi connectivity index (χ3n) is 4.95. The van der Waals surface area contributed by atoms with E-state index in [2.05, 4.69) is 5.32 Å². The molecule has 0 aliphatic heterocycles. The minimum atomic E-state index is -3.65. The topological polar surface area (TPSA) is 75.7 Å². The number of amides is 1. The second kappa shape index (κ2) is 11.1.